The zero-order chi connectivity index (χ0) is 29.8. The molecule has 3 aliphatic rings. The molecule has 1 atom stereocenters. The molecule has 42 heavy (non-hydrogen) atoms. The molecule has 0 radical (unpaired) electrons. The highest BCUT2D eigenvalue weighted by Crippen LogP contribution is 2.41. The predicted molar refractivity (Wildman–Crippen MR) is 152 cm³/mol. The van der Waals surface area contributed by atoms with Crippen molar-refractivity contribution in [1.29, 1.82) is 0 Å². The fourth-order valence-corrected chi connectivity index (χ4v) is 6.51. The lowest BCUT2D eigenvalue weighted by Gasteiger charge is -2.42. The van der Waals surface area contributed by atoms with Crippen molar-refractivity contribution in [3.8, 4) is 0 Å². The number of alkyl halides is 3. The van der Waals surface area contributed by atoms with Crippen LogP contribution in [0.5, 0.6) is 0 Å². The van der Waals surface area contributed by atoms with E-state index in [0.29, 0.717) is 43.5 Å². The average molecular weight is 583 g/mol. The number of ether oxygens (including phenoxy) is 1. The maximum atomic E-state index is 14.4. The minimum Gasteiger partial charge on any atom is -0.379 e. The number of aryl methyl sites for hydroxylation is 1. The first-order chi connectivity index (χ1) is 19.9. The molecule has 0 N–H and O–H groups in total. The molecule has 2 fully saturated rings. The minimum atomic E-state index is -4.57. The Morgan fingerprint density at radius 3 is 2.57 bits per heavy atom. The van der Waals surface area contributed by atoms with Gasteiger partial charge in [0.05, 0.1) is 49.2 Å². The van der Waals surface area contributed by atoms with E-state index < -0.39 is 17.6 Å². The summed E-state index contributed by atoms with van der Waals surface area (Å²) in [5.74, 6) is -0.0531. The number of nitrogens with zero attached hydrogens (tertiary/aromatic N) is 6. The number of aromatic nitrogens is 3. The number of amides is 1. The molecule has 2 saturated heterocycles. The fourth-order valence-electron chi connectivity index (χ4n) is 6.51. The van der Waals surface area contributed by atoms with Crippen LogP contribution in [0.1, 0.15) is 52.2 Å². The van der Waals surface area contributed by atoms with Crippen LogP contribution in [0.25, 0.3) is 0 Å². The van der Waals surface area contributed by atoms with Crippen molar-refractivity contribution in [2.75, 3.05) is 44.8 Å². The molecule has 3 aromatic rings. The summed E-state index contributed by atoms with van der Waals surface area (Å²) in [6, 6.07) is 10.6. The highest BCUT2D eigenvalue weighted by molar-refractivity contribution is 6.10. The van der Waals surface area contributed by atoms with Gasteiger partial charge in [-0.25, -0.2) is 0 Å². The van der Waals surface area contributed by atoms with Gasteiger partial charge in [0.25, 0.3) is 5.91 Å². The highest BCUT2D eigenvalue weighted by atomic mass is 19.4. The Bertz CT molecular complexity index is 1480. The standard InChI is InChI=1S/C31H37F3N6O2/c1-20(2)28-16-37(4)8-9-38(28)14-22-10-25-26(27(11-22)31(32,33)34)15-39(29(25)41)24-7-5-6-23(12-24)30(18-42-19-30)17-40-35-13-21(3)36-40/h5-7,10-13,20,28H,8-9,14-19H2,1-4H3/t28-/m1/s1. The van der Waals surface area contributed by atoms with E-state index in [1.54, 1.807) is 23.1 Å². The summed E-state index contributed by atoms with van der Waals surface area (Å²) >= 11 is 0. The first kappa shape index (κ1) is 28.8. The molecule has 8 nitrogen and oxygen atoms in total. The first-order valence-electron chi connectivity index (χ1n) is 14.5. The van der Waals surface area contributed by atoms with Gasteiger partial charge in [-0.2, -0.15) is 28.2 Å². The molecule has 1 amide bonds. The van der Waals surface area contributed by atoms with Crippen molar-refractivity contribution in [3.63, 3.8) is 0 Å². The molecular weight excluding hydrogens is 545 g/mol. The molecule has 4 heterocycles. The smallest absolute Gasteiger partial charge is 0.379 e. The van der Waals surface area contributed by atoms with E-state index in [4.69, 9.17) is 4.74 Å². The van der Waals surface area contributed by atoms with Gasteiger partial charge in [0.2, 0.25) is 0 Å². The predicted octanol–water partition coefficient (Wildman–Crippen LogP) is 4.51. The number of likely N-dealkylation sites (N-methyl/N-ethyl adjacent to an activating group) is 1. The number of piperazine rings is 1. The topological polar surface area (TPSA) is 66.7 Å². The molecule has 0 unspecified atom stereocenters. The van der Waals surface area contributed by atoms with Gasteiger partial charge in [0.1, 0.15) is 0 Å². The number of rotatable bonds is 7. The van der Waals surface area contributed by atoms with Crippen LogP contribution in [-0.2, 0) is 36.0 Å². The minimum absolute atomic E-state index is 0.0401. The average Bonchev–Trinajstić information content (AvgIpc) is 3.48. The van der Waals surface area contributed by atoms with Gasteiger partial charge in [-0.1, -0.05) is 26.0 Å². The summed E-state index contributed by atoms with van der Waals surface area (Å²) < 4.78 is 48.8. The Hall–Kier alpha value is -3.28. The summed E-state index contributed by atoms with van der Waals surface area (Å²) in [6.45, 7) is 10.3. The summed E-state index contributed by atoms with van der Waals surface area (Å²) in [4.78, 5) is 21.4. The molecule has 11 heteroatoms. The van der Waals surface area contributed by atoms with E-state index in [9.17, 15) is 18.0 Å². The Labute approximate surface area is 244 Å². The first-order valence-corrected chi connectivity index (χ1v) is 14.5. The van der Waals surface area contributed by atoms with Crippen LogP contribution in [-0.4, -0.2) is 76.6 Å². The molecule has 0 saturated carbocycles. The quantitative estimate of drug-likeness (QED) is 0.409. The van der Waals surface area contributed by atoms with Crippen LogP contribution < -0.4 is 4.90 Å². The molecule has 6 rings (SSSR count). The lowest BCUT2D eigenvalue weighted by atomic mass is 9.78. The lowest BCUT2D eigenvalue weighted by Crippen LogP contribution is -2.53. The third-order valence-electron chi connectivity index (χ3n) is 8.92. The molecule has 2 aromatic carbocycles. The Kier molecular flexibility index (Phi) is 7.39. The van der Waals surface area contributed by atoms with E-state index in [0.717, 1.165) is 30.9 Å². The van der Waals surface area contributed by atoms with Gasteiger partial charge in [-0.05, 0) is 60.8 Å². The Balaban J connectivity index is 1.30. The number of hydrogen-bond acceptors (Lipinski definition) is 6. The number of carbonyl (C=O) groups is 1. The van der Waals surface area contributed by atoms with E-state index in [1.165, 1.54) is 11.0 Å². The number of anilines is 1. The molecule has 3 aliphatic heterocycles. The molecule has 0 spiro atoms. The summed E-state index contributed by atoms with van der Waals surface area (Å²) in [5, 5.41) is 8.74. The van der Waals surface area contributed by atoms with Crippen molar-refractivity contribution in [3.05, 3.63) is 76.1 Å². The molecule has 0 bridgehead atoms. The summed E-state index contributed by atoms with van der Waals surface area (Å²) in [6.07, 6.45) is -2.87. The van der Waals surface area contributed by atoms with E-state index in [1.807, 2.05) is 25.1 Å². The highest BCUT2D eigenvalue weighted by Gasteiger charge is 2.44. The van der Waals surface area contributed by atoms with Gasteiger partial charge in [0, 0.05) is 43.5 Å². The SMILES string of the molecule is Cc1cnn(CC2(c3cccc(N4Cc5c(cc(CN6CCN(C)C[C@@H]6C(C)C)cc5C(F)(F)F)C4=O)c3)COC2)n1. The van der Waals surface area contributed by atoms with Crippen LogP contribution in [0.4, 0.5) is 18.9 Å². The number of carbonyl (C=O) groups excluding carboxylic acids is 1. The zero-order valence-corrected chi connectivity index (χ0v) is 24.5. The van der Waals surface area contributed by atoms with Gasteiger partial charge in [-0.3, -0.25) is 9.69 Å². The van der Waals surface area contributed by atoms with Crippen molar-refractivity contribution in [1.82, 2.24) is 24.8 Å². The Morgan fingerprint density at radius 1 is 1.14 bits per heavy atom. The van der Waals surface area contributed by atoms with E-state index in [2.05, 4.69) is 40.9 Å². The summed E-state index contributed by atoms with van der Waals surface area (Å²) in [5.41, 5.74) is 1.92. The van der Waals surface area contributed by atoms with Crippen LogP contribution >= 0.6 is 0 Å². The van der Waals surface area contributed by atoms with E-state index >= 15 is 0 Å². The number of hydrogen-bond donors (Lipinski definition) is 0. The van der Waals surface area contributed by atoms with Crippen molar-refractivity contribution in [2.45, 2.75) is 58.0 Å². The number of halogens is 3. The molecule has 224 valence electrons. The van der Waals surface area contributed by atoms with E-state index in [-0.39, 0.29) is 29.1 Å². The van der Waals surface area contributed by atoms with Crippen molar-refractivity contribution >= 4 is 11.6 Å². The zero-order valence-electron chi connectivity index (χ0n) is 24.5. The Morgan fingerprint density at radius 2 is 1.93 bits per heavy atom. The monoisotopic (exact) mass is 582 g/mol. The third kappa shape index (κ3) is 5.33. The van der Waals surface area contributed by atoms with Crippen LogP contribution in [0.15, 0.2) is 42.6 Å². The largest absolute Gasteiger partial charge is 0.416 e. The lowest BCUT2D eigenvalue weighted by molar-refractivity contribution is -0.138. The van der Waals surface area contributed by atoms with Gasteiger partial charge in [0.15, 0.2) is 0 Å². The van der Waals surface area contributed by atoms with Crippen LogP contribution in [0.2, 0.25) is 0 Å². The third-order valence-corrected chi connectivity index (χ3v) is 8.92. The van der Waals surface area contributed by atoms with Gasteiger partial charge in [-0.15, -0.1) is 0 Å². The van der Waals surface area contributed by atoms with Crippen LogP contribution in [0.3, 0.4) is 0 Å². The van der Waals surface area contributed by atoms with Gasteiger partial charge >= 0.3 is 6.18 Å². The van der Waals surface area contributed by atoms with Crippen LogP contribution in [0, 0.1) is 12.8 Å². The van der Waals surface area contributed by atoms with Crippen molar-refractivity contribution < 1.29 is 22.7 Å². The van der Waals surface area contributed by atoms with Crippen molar-refractivity contribution in [2.24, 2.45) is 5.92 Å². The number of fused-ring (bicyclic) bond motifs is 1. The normalized spacial score (nSPS) is 21.2. The summed E-state index contributed by atoms with van der Waals surface area (Å²) in [7, 11) is 2.07. The maximum absolute atomic E-state index is 14.4. The second kappa shape index (κ2) is 10.8. The molecular formula is C31H37F3N6O2. The van der Waals surface area contributed by atoms with Gasteiger partial charge < -0.3 is 14.5 Å². The molecule has 0 aliphatic carbocycles. The second-order valence-corrected chi connectivity index (χ2v) is 12.4. The fraction of sp³-hybridized carbons (Fsp3) is 0.516. The number of benzene rings is 2. The second-order valence-electron chi connectivity index (χ2n) is 12.4. The maximum Gasteiger partial charge on any atom is 0.416 e. The molecule has 1 aromatic heterocycles.